The Bertz CT molecular complexity index is 423. The number of alkyl halides is 1. The standard InChI is InChI=1S/C17H24ClN/c18-17(13-19-10-4-1-5-11-19)16-9-8-14-6-2-3-7-15(14)12-16/h8-9,12,17H,1-7,10-11,13H2. The molecule has 1 atom stereocenters. The van der Waals surface area contributed by atoms with Crippen molar-refractivity contribution in [3.05, 3.63) is 34.9 Å². The van der Waals surface area contributed by atoms with Gasteiger partial charge in [0, 0.05) is 6.54 Å². The lowest BCUT2D eigenvalue weighted by Gasteiger charge is -2.28. The molecule has 1 aromatic carbocycles. The van der Waals surface area contributed by atoms with E-state index in [0.717, 1.165) is 6.54 Å². The van der Waals surface area contributed by atoms with Crippen LogP contribution in [0.4, 0.5) is 0 Å². The normalized spacial score (nSPS) is 21.9. The van der Waals surface area contributed by atoms with Crippen molar-refractivity contribution >= 4 is 11.6 Å². The monoisotopic (exact) mass is 277 g/mol. The van der Waals surface area contributed by atoms with Crippen LogP contribution in [0.25, 0.3) is 0 Å². The molecular weight excluding hydrogens is 254 g/mol. The van der Waals surface area contributed by atoms with Crippen LogP contribution < -0.4 is 0 Å². The predicted octanol–water partition coefficient (Wildman–Crippen LogP) is 4.33. The van der Waals surface area contributed by atoms with Crippen LogP contribution >= 0.6 is 11.6 Å². The number of aryl methyl sites for hydroxylation is 2. The topological polar surface area (TPSA) is 3.24 Å². The molecule has 1 aliphatic heterocycles. The molecule has 0 saturated carbocycles. The minimum Gasteiger partial charge on any atom is -0.302 e. The summed E-state index contributed by atoms with van der Waals surface area (Å²) in [5.41, 5.74) is 4.43. The highest BCUT2D eigenvalue weighted by Gasteiger charge is 2.17. The first-order chi connectivity index (χ1) is 9.33. The van der Waals surface area contributed by atoms with Gasteiger partial charge in [-0.25, -0.2) is 0 Å². The molecule has 3 rings (SSSR count). The van der Waals surface area contributed by atoms with Crippen molar-refractivity contribution in [3.63, 3.8) is 0 Å². The van der Waals surface area contributed by atoms with Gasteiger partial charge in [0.05, 0.1) is 5.38 Å². The minimum absolute atomic E-state index is 0.158. The Labute approximate surface area is 121 Å². The van der Waals surface area contributed by atoms with Gasteiger partial charge in [-0.2, -0.15) is 0 Å². The fraction of sp³-hybridized carbons (Fsp3) is 0.647. The molecule has 1 aliphatic carbocycles. The van der Waals surface area contributed by atoms with Gasteiger partial charge in [-0.05, 0) is 68.3 Å². The zero-order chi connectivity index (χ0) is 13.1. The fourth-order valence-corrected chi connectivity index (χ4v) is 3.75. The quantitative estimate of drug-likeness (QED) is 0.743. The fourth-order valence-electron chi connectivity index (χ4n) is 3.42. The average molecular weight is 278 g/mol. The van der Waals surface area contributed by atoms with Gasteiger partial charge < -0.3 is 4.90 Å². The van der Waals surface area contributed by atoms with E-state index in [1.165, 1.54) is 63.6 Å². The van der Waals surface area contributed by atoms with Crippen LogP contribution in [0.2, 0.25) is 0 Å². The van der Waals surface area contributed by atoms with Crippen LogP contribution in [0.3, 0.4) is 0 Å². The lowest BCUT2D eigenvalue weighted by atomic mass is 9.90. The number of nitrogens with zero attached hydrogens (tertiary/aromatic N) is 1. The Balaban J connectivity index is 1.67. The maximum absolute atomic E-state index is 6.64. The Morgan fingerprint density at radius 1 is 0.947 bits per heavy atom. The Kier molecular flexibility index (Phi) is 4.45. The van der Waals surface area contributed by atoms with Crippen molar-refractivity contribution in [2.45, 2.75) is 50.3 Å². The number of halogens is 1. The van der Waals surface area contributed by atoms with E-state index >= 15 is 0 Å². The maximum atomic E-state index is 6.64. The third kappa shape index (κ3) is 3.32. The van der Waals surface area contributed by atoms with E-state index in [1.54, 1.807) is 11.1 Å². The van der Waals surface area contributed by atoms with E-state index in [4.69, 9.17) is 11.6 Å². The number of fused-ring (bicyclic) bond motifs is 1. The van der Waals surface area contributed by atoms with E-state index in [1.807, 2.05) is 0 Å². The summed E-state index contributed by atoms with van der Waals surface area (Å²) in [6.07, 6.45) is 9.27. The summed E-state index contributed by atoms with van der Waals surface area (Å²) < 4.78 is 0. The van der Waals surface area contributed by atoms with Crippen molar-refractivity contribution in [2.75, 3.05) is 19.6 Å². The first-order valence-electron chi connectivity index (χ1n) is 7.81. The Morgan fingerprint density at radius 2 is 1.68 bits per heavy atom. The summed E-state index contributed by atoms with van der Waals surface area (Å²) >= 11 is 6.64. The second-order valence-corrected chi connectivity index (χ2v) is 6.59. The van der Waals surface area contributed by atoms with Gasteiger partial charge >= 0.3 is 0 Å². The second-order valence-electron chi connectivity index (χ2n) is 6.06. The van der Waals surface area contributed by atoms with Gasteiger partial charge in [-0.1, -0.05) is 24.6 Å². The van der Waals surface area contributed by atoms with E-state index in [0.29, 0.717) is 0 Å². The summed E-state index contributed by atoms with van der Waals surface area (Å²) in [5, 5.41) is 0.158. The third-order valence-electron chi connectivity index (χ3n) is 4.60. The van der Waals surface area contributed by atoms with Crippen molar-refractivity contribution in [1.82, 2.24) is 4.90 Å². The Hall–Kier alpha value is -0.530. The van der Waals surface area contributed by atoms with E-state index in [9.17, 15) is 0 Å². The zero-order valence-electron chi connectivity index (χ0n) is 11.7. The highest BCUT2D eigenvalue weighted by molar-refractivity contribution is 6.21. The second kappa shape index (κ2) is 6.28. The van der Waals surface area contributed by atoms with Gasteiger partial charge in [0.15, 0.2) is 0 Å². The van der Waals surface area contributed by atoms with E-state index < -0.39 is 0 Å². The minimum atomic E-state index is 0.158. The van der Waals surface area contributed by atoms with Crippen molar-refractivity contribution in [1.29, 1.82) is 0 Å². The molecule has 2 aliphatic rings. The molecule has 19 heavy (non-hydrogen) atoms. The van der Waals surface area contributed by atoms with Crippen LogP contribution in [0, 0.1) is 0 Å². The highest BCUT2D eigenvalue weighted by atomic mass is 35.5. The lowest BCUT2D eigenvalue weighted by molar-refractivity contribution is 0.229. The number of likely N-dealkylation sites (tertiary alicyclic amines) is 1. The van der Waals surface area contributed by atoms with Crippen LogP contribution in [-0.2, 0) is 12.8 Å². The third-order valence-corrected chi connectivity index (χ3v) is 4.99. The molecule has 1 nitrogen and oxygen atoms in total. The van der Waals surface area contributed by atoms with Crippen LogP contribution in [-0.4, -0.2) is 24.5 Å². The van der Waals surface area contributed by atoms with Crippen LogP contribution in [0.5, 0.6) is 0 Å². The zero-order valence-corrected chi connectivity index (χ0v) is 12.5. The summed E-state index contributed by atoms with van der Waals surface area (Å²) in [5.74, 6) is 0. The summed E-state index contributed by atoms with van der Waals surface area (Å²) in [4.78, 5) is 2.53. The SMILES string of the molecule is ClC(CN1CCCCC1)c1ccc2c(c1)CCCC2. The van der Waals surface area contributed by atoms with Crippen molar-refractivity contribution < 1.29 is 0 Å². The molecule has 1 heterocycles. The van der Waals surface area contributed by atoms with Crippen molar-refractivity contribution in [2.24, 2.45) is 0 Å². The molecule has 1 saturated heterocycles. The molecule has 0 spiro atoms. The van der Waals surface area contributed by atoms with Gasteiger partial charge in [0.1, 0.15) is 0 Å². The highest BCUT2D eigenvalue weighted by Crippen LogP contribution is 2.28. The molecule has 0 amide bonds. The van der Waals surface area contributed by atoms with Gasteiger partial charge in [0.25, 0.3) is 0 Å². The number of hydrogen-bond donors (Lipinski definition) is 0. The smallest absolute Gasteiger partial charge is 0.0712 e. The number of rotatable bonds is 3. The Morgan fingerprint density at radius 3 is 2.47 bits per heavy atom. The molecule has 2 heteroatoms. The van der Waals surface area contributed by atoms with E-state index in [-0.39, 0.29) is 5.38 Å². The van der Waals surface area contributed by atoms with Gasteiger partial charge in [0.2, 0.25) is 0 Å². The molecule has 0 radical (unpaired) electrons. The summed E-state index contributed by atoms with van der Waals surface area (Å²) in [6.45, 7) is 3.47. The number of piperidine rings is 1. The molecule has 0 N–H and O–H groups in total. The predicted molar refractivity (Wildman–Crippen MR) is 82.0 cm³/mol. The number of benzene rings is 1. The molecule has 1 unspecified atom stereocenters. The molecule has 1 fully saturated rings. The van der Waals surface area contributed by atoms with E-state index in [2.05, 4.69) is 23.1 Å². The number of hydrogen-bond acceptors (Lipinski definition) is 1. The van der Waals surface area contributed by atoms with Gasteiger partial charge in [-0.3, -0.25) is 0 Å². The molecular formula is C17H24ClN. The summed E-state index contributed by atoms with van der Waals surface area (Å²) in [6, 6.07) is 6.94. The molecule has 0 aromatic heterocycles. The first kappa shape index (κ1) is 13.5. The lowest BCUT2D eigenvalue weighted by Crippen LogP contribution is -2.32. The first-order valence-corrected chi connectivity index (χ1v) is 8.25. The van der Waals surface area contributed by atoms with Crippen LogP contribution in [0.15, 0.2) is 18.2 Å². The molecule has 1 aromatic rings. The molecule has 0 bridgehead atoms. The van der Waals surface area contributed by atoms with Crippen LogP contribution in [0.1, 0.15) is 54.2 Å². The average Bonchev–Trinajstić information content (AvgIpc) is 2.48. The molecule has 104 valence electrons. The largest absolute Gasteiger partial charge is 0.302 e. The van der Waals surface area contributed by atoms with Crippen molar-refractivity contribution in [3.8, 4) is 0 Å². The van der Waals surface area contributed by atoms with Gasteiger partial charge in [-0.15, -0.1) is 11.6 Å². The maximum Gasteiger partial charge on any atom is 0.0712 e. The summed E-state index contributed by atoms with van der Waals surface area (Å²) in [7, 11) is 0.